The van der Waals surface area contributed by atoms with Gasteiger partial charge in [0.2, 0.25) is 5.91 Å². The predicted molar refractivity (Wildman–Crippen MR) is 84.2 cm³/mol. The van der Waals surface area contributed by atoms with Crippen LogP contribution in [0.1, 0.15) is 17.5 Å². The fourth-order valence-electron chi connectivity index (χ4n) is 3.08. The van der Waals surface area contributed by atoms with Crippen LogP contribution in [0, 0.1) is 5.82 Å². The largest absolute Gasteiger partial charge is 0.391 e. The van der Waals surface area contributed by atoms with E-state index in [2.05, 4.69) is 4.98 Å². The number of hydrogen-bond acceptors (Lipinski definition) is 3. The Kier molecular flexibility index (Phi) is 4.67. The van der Waals surface area contributed by atoms with Crippen molar-refractivity contribution in [2.24, 2.45) is 0 Å². The number of aliphatic hydroxyl groups is 1. The number of aromatic nitrogens is 1. The van der Waals surface area contributed by atoms with E-state index in [1.54, 1.807) is 29.4 Å². The summed E-state index contributed by atoms with van der Waals surface area (Å²) in [4.78, 5) is 18.3. The molecule has 0 radical (unpaired) electrons. The average Bonchev–Trinajstić information content (AvgIpc) is 2.89. The molecule has 120 valence electrons. The van der Waals surface area contributed by atoms with Gasteiger partial charge in [0.1, 0.15) is 5.82 Å². The van der Waals surface area contributed by atoms with Crippen molar-refractivity contribution in [3.05, 3.63) is 65.7 Å². The van der Waals surface area contributed by atoms with Crippen LogP contribution in [0.3, 0.4) is 0 Å². The number of benzene rings is 1. The maximum absolute atomic E-state index is 13.2. The van der Waals surface area contributed by atoms with Gasteiger partial charge in [0, 0.05) is 18.9 Å². The monoisotopic (exact) mass is 314 g/mol. The molecule has 0 aliphatic carbocycles. The lowest BCUT2D eigenvalue weighted by molar-refractivity contribution is -0.132. The Balaban J connectivity index is 1.71. The number of carbonyl (C=O) groups is 1. The van der Waals surface area contributed by atoms with Gasteiger partial charge in [-0.15, -0.1) is 0 Å². The molecule has 2 atom stereocenters. The minimum atomic E-state index is -0.535. The summed E-state index contributed by atoms with van der Waals surface area (Å²) in [6, 6.07) is 9.61. The molecule has 1 aliphatic rings. The van der Waals surface area contributed by atoms with Crippen LogP contribution < -0.4 is 0 Å². The van der Waals surface area contributed by atoms with Gasteiger partial charge in [0.05, 0.1) is 18.6 Å². The van der Waals surface area contributed by atoms with E-state index < -0.39 is 6.10 Å². The molecule has 4 nitrogen and oxygen atoms in total. The summed E-state index contributed by atoms with van der Waals surface area (Å²) in [6.45, 7) is 0.528. The van der Waals surface area contributed by atoms with E-state index in [4.69, 9.17) is 0 Å². The molecule has 0 saturated carbocycles. The molecule has 1 saturated heterocycles. The summed E-state index contributed by atoms with van der Waals surface area (Å²) in [7, 11) is 0. The second kappa shape index (κ2) is 6.87. The Hall–Kier alpha value is -2.27. The highest BCUT2D eigenvalue weighted by Gasteiger charge is 2.35. The molecule has 3 rings (SSSR count). The summed E-state index contributed by atoms with van der Waals surface area (Å²) in [5.74, 6) is -0.426. The Morgan fingerprint density at radius 2 is 2.13 bits per heavy atom. The molecular weight excluding hydrogens is 295 g/mol. The highest BCUT2D eigenvalue weighted by molar-refractivity contribution is 5.79. The molecule has 0 bridgehead atoms. The number of nitrogens with zero attached hydrogens (tertiary/aromatic N) is 2. The van der Waals surface area contributed by atoms with Crippen molar-refractivity contribution in [3.63, 3.8) is 0 Å². The molecule has 2 heterocycles. The zero-order valence-electron chi connectivity index (χ0n) is 12.7. The Morgan fingerprint density at radius 3 is 2.87 bits per heavy atom. The molecule has 0 spiro atoms. The summed E-state index contributed by atoms with van der Waals surface area (Å²) < 4.78 is 13.2. The highest BCUT2D eigenvalue weighted by atomic mass is 19.1. The summed E-state index contributed by atoms with van der Waals surface area (Å²) >= 11 is 0. The van der Waals surface area contributed by atoms with E-state index in [1.807, 2.05) is 12.1 Å². The summed E-state index contributed by atoms with van der Waals surface area (Å²) in [6.07, 6.45) is 4.20. The van der Waals surface area contributed by atoms with Crippen LogP contribution in [0.5, 0.6) is 0 Å². The van der Waals surface area contributed by atoms with Gasteiger partial charge in [-0.2, -0.15) is 0 Å². The first-order valence-electron chi connectivity index (χ1n) is 7.74. The van der Waals surface area contributed by atoms with Gasteiger partial charge in [0.25, 0.3) is 0 Å². The molecule has 1 N–H and O–H groups in total. The Morgan fingerprint density at radius 1 is 1.30 bits per heavy atom. The fraction of sp³-hybridized carbons (Fsp3) is 0.333. The van der Waals surface area contributed by atoms with E-state index in [9.17, 15) is 14.3 Å². The number of hydrogen-bond donors (Lipinski definition) is 1. The van der Waals surface area contributed by atoms with Crippen molar-refractivity contribution in [1.82, 2.24) is 9.88 Å². The number of carbonyl (C=O) groups excluding carboxylic acids is 1. The zero-order chi connectivity index (χ0) is 16.2. The van der Waals surface area contributed by atoms with E-state index in [-0.39, 0.29) is 24.2 Å². The number of halogens is 1. The van der Waals surface area contributed by atoms with Crippen LogP contribution in [0.4, 0.5) is 4.39 Å². The zero-order valence-corrected chi connectivity index (χ0v) is 12.7. The highest BCUT2D eigenvalue weighted by Crippen LogP contribution is 2.23. The minimum absolute atomic E-state index is 0.0824. The smallest absolute Gasteiger partial charge is 0.227 e. The Labute approximate surface area is 134 Å². The van der Waals surface area contributed by atoms with Crippen molar-refractivity contribution in [2.45, 2.75) is 31.4 Å². The summed E-state index contributed by atoms with van der Waals surface area (Å²) in [5.41, 5.74) is 1.64. The van der Waals surface area contributed by atoms with E-state index in [1.165, 1.54) is 12.1 Å². The van der Waals surface area contributed by atoms with Crippen LogP contribution in [-0.4, -0.2) is 39.6 Å². The summed E-state index contributed by atoms with van der Waals surface area (Å²) in [5, 5.41) is 10.2. The minimum Gasteiger partial charge on any atom is -0.391 e. The molecular formula is C18H19FN2O2. The van der Waals surface area contributed by atoms with E-state index in [0.29, 0.717) is 24.9 Å². The molecule has 1 aromatic heterocycles. The molecule has 1 aliphatic heterocycles. The van der Waals surface area contributed by atoms with Crippen molar-refractivity contribution < 1.29 is 14.3 Å². The lowest BCUT2D eigenvalue weighted by Crippen LogP contribution is -2.41. The maximum Gasteiger partial charge on any atom is 0.227 e. The second-order valence-corrected chi connectivity index (χ2v) is 5.88. The van der Waals surface area contributed by atoms with Gasteiger partial charge in [-0.25, -0.2) is 4.39 Å². The maximum atomic E-state index is 13.2. The fourth-order valence-corrected chi connectivity index (χ4v) is 3.08. The number of amides is 1. The van der Waals surface area contributed by atoms with Gasteiger partial charge in [-0.1, -0.05) is 18.2 Å². The van der Waals surface area contributed by atoms with E-state index in [0.717, 1.165) is 5.56 Å². The molecule has 5 heteroatoms. The number of pyridine rings is 1. The van der Waals surface area contributed by atoms with Crippen molar-refractivity contribution in [3.8, 4) is 0 Å². The first-order valence-corrected chi connectivity index (χ1v) is 7.74. The first-order chi connectivity index (χ1) is 11.1. The van der Waals surface area contributed by atoms with Crippen LogP contribution in [0.25, 0.3) is 0 Å². The number of aliphatic hydroxyl groups excluding tert-OH is 1. The number of likely N-dealkylation sites (tertiary alicyclic amines) is 1. The lowest BCUT2D eigenvalue weighted by atomic mass is 10.0. The molecule has 1 fully saturated rings. The second-order valence-electron chi connectivity index (χ2n) is 5.88. The van der Waals surface area contributed by atoms with E-state index >= 15 is 0 Å². The van der Waals surface area contributed by atoms with Gasteiger partial charge >= 0.3 is 0 Å². The SMILES string of the molecule is O=C(Cc1cccc(F)c1)N1CC[C@@H](O)[C@@H]1Cc1cccnc1. The van der Waals surface area contributed by atoms with Crippen molar-refractivity contribution in [2.75, 3.05) is 6.54 Å². The topological polar surface area (TPSA) is 53.4 Å². The Bertz CT molecular complexity index is 678. The third kappa shape index (κ3) is 3.74. The first kappa shape index (κ1) is 15.6. The normalized spacial score (nSPS) is 20.7. The van der Waals surface area contributed by atoms with Gasteiger partial charge < -0.3 is 10.0 Å². The standard InChI is InChI=1S/C18H19FN2O2/c19-15-5-1-3-13(9-15)11-18(23)21-8-6-17(22)16(21)10-14-4-2-7-20-12-14/h1-5,7,9,12,16-17,22H,6,8,10-11H2/t16-,17+/m0/s1. The third-order valence-electron chi connectivity index (χ3n) is 4.24. The average molecular weight is 314 g/mol. The lowest BCUT2D eigenvalue weighted by Gasteiger charge is -2.26. The van der Waals surface area contributed by atoms with Gasteiger partial charge in [-0.05, 0) is 42.2 Å². The quantitative estimate of drug-likeness (QED) is 0.939. The third-order valence-corrected chi connectivity index (χ3v) is 4.24. The molecule has 23 heavy (non-hydrogen) atoms. The van der Waals surface area contributed by atoms with Crippen LogP contribution in [0.2, 0.25) is 0 Å². The van der Waals surface area contributed by atoms with Gasteiger partial charge in [-0.3, -0.25) is 9.78 Å². The molecule has 1 amide bonds. The molecule has 0 unspecified atom stereocenters. The van der Waals surface area contributed by atoms with Gasteiger partial charge in [0.15, 0.2) is 0 Å². The molecule has 2 aromatic rings. The molecule has 1 aromatic carbocycles. The van der Waals surface area contributed by atoms with Crippen LogP contribution in [-0.2, 0) is 17.6 Å². The van der Waals surface area contributed by atoms with Crippen molar-refractivity contribution >= 4 is 5.91 Å². The predicted octanol–water partition coefficient (Wildman–Crippen LogP) is 1.97. The number of rotatable bonds is 4. The van der Waals surface area contributed by atoms with Crippen LogP contribution >= 0.6 is 0 Å². The van der Waals surface area contributed by atoms with Crippen LogP contribution in [0.15, 0.2) is 48.8 Å². The van der Waals surface area contributed by atoms with Crippen molar-refractivity contribution in [1.29, 1.82) is 0 Å².